The fraction of sp³-hybridized carbons (Fsp3) is 0.500. The smallest absolute Gasteiger partial charge is 0.407 e. The van der Waals surface area contributed by atoms with Gasteiger partial charge in [-0.25, -0.2) is 4.79 Å². The van der Waals surface area contributed by atoms with Gasteiger partial charge in [-0.05, 0) is 43.4 Å². The van der Waals surface area contributed by atoms with E-state index in [0.29, 0.717) is 19.4 Å². The largest absolute Gasteiger partial charge is 0.445 e. The number of likely N-dealkylation sites (tertiary alicyclic amines) is 1. The molecule has 35 heavy (non-hydrogen) atoms. The van der Waals surface area contributed by atoms with Crippen LogP contribution in [0.4, 0.5) is 4.79 Å². The lowest BCUT2D eigenvalue weighted by Crippen LogP contribution is -2.53. The van der Waals surface area contributed by atoms with Crippen LogP contribution in [0.1, 0.15) is 50.7 Å². The Morgan fingerprint density at radius 3 is 2.34 bits per heavy atom. The van der Waals surface area contributed by atoms with Gasteiger partial charge in [0.05, 0.1) is 12.1 Å². The first-order valence-corrected chi connectivity index (χ1v) is 12.5. The number of nitrogens with zero attached hydrogens (tertiary/aromatic N) is 1. The lowest BCUT2D eigenvalue weighted by atomic mass is 9.81. The summed E-state index contributed by atoms with van der Waals surface area (Å²) in [5.74, 6) is -0.312. The Bertz CT molecular complexity index is 936. The third-order valence-electron chi connectivity index (χ3n) is 6.86. The van der Waals surface area contributed by atoms with Gasteiger partial charge < -0.3 is 20.9 Å². The molecule has 0 spiro atoms. The summed E-state index contributed by atoms with van der Waals surface area (Å²) >= 11 is 0. The number of amides is 2. The number of aliphatic hydroxyl groups excluding tert-OH is 1. The van der Waals surface area contributed by atoms with E-state index in [1.165, 1.54) is 0 Å². The van der Waals surface area contributed by atoms with Crippen LogP contribution in [0.25, 0.3) is 0 Å². The molecule has 2 aromatic carbocycles. The lowest BCUT2D eigenvalue weighted by molar-refractivity contribution is -0.127. The highest BCUT2D eigenvalue weighted by molar-refractivity contribution is 5.79. The highest BCUT2D eigenvalue weighted by Gasteiger charge is 2.35. The SMILES string of the molecule is CC(C)(C[C@@H]1CCCCN1C[C@H](O)[C@@H](Cc1ccccc1)NC(=O)OCc1ccccc1)C(N)=O. The van der Waals surface area contributed by atoms with Crippen molar-refractivity contribution in [3.63, 3.8) is 0 Å². The molecule has 1 fully saturated rings. The molecule has 190 valence electrons. The molecule has 2 aromatic rings. The Morgan fingerprint density at radius 1 is 1.09 bits per heavy atom. The maximum atomic E-state index is 12.6. The highest BCUT2D eigenvalue weighted by Crippen LogP contribution is 2.30. The lowest BCUT2D eigenvalue weighted by Gasteiger charge is -2.41. The van der Waals surface area contributed by atoms with Crippen molar-refractivity contribution < 1.29 is 19.4 Å². The number of carbonyl (C=O) groups is 2. The van der Waals surface area contributed by atoms with E-state index >= 15 is 0 Å². The molecule has 0 unspecified atom stereocenters. The second-order valence-electron chi connectivity index (χ2n) is 10.2. The summed E-state index contributed by atoms with van der Waals surface area (Å²) in [6.45, 7) is 5.16. The van der Waals surface area contributed by atoms with E-state index in [2.05, 4.69) is 10.2 Å². The third kappa shape index (κ3) is 8.37. The van der Waals surface area contributed by atoms with Gasteiger partial charge in [0.15, 0.2) is 0 Å². The molecule has 0 aliphatic carbocycles. The number of primary amides is 1. The van der Waals surface area contributed by atoms with Crippen LogP contribution in [0.15, 0.2) is 60.7 Å². The van der Waals surface area contributed by atoms with Gasteiger partial charge in [0.1, 0.15) is 6.61 Å². The second-order valence-corrected chi connectivity index (χ2v) is 10.2. The zero-order chi connectivity index (χ0) is 25.3. The first-order valence-electron chi connectivity index (χ1n) is 12.5. The number of β-amino-alcohol motifs (C(OH)–C–C–N with tert-alkyl or cyclic N) is 1. The number of nitrogens with two attached hydrogens (primary N) is 1. The summed E-state index contributed by atoms with van der Waals surface area (Å²) in [6.07, 6.45) is 2.84. The number of hydrogen-bond acceptors (Lipinski definition) is 5. The number of rotatable bonds is 11. The summed E-state index contributed by atoms with van der Waals surface area (Å²) in [7, 11) is 0. The minimum atomic E-state index is -0.809. The zero-order valence-corrected chi connectivity index (χ0v) is 20.9. The molecule has 4 N–H and O–H groups in total. The van der Waals surface area contributed by atoms with Gasteiger partial charge in [-0.3, -0.25) is 9.69 Å². The fourth-order valence-electron chi connectivity index (χ4n) is 4.66. The maximum absolute atomic E-state index is 12.6. The highest BCUT2D eigenvalue weighted by atomic mass is 16.5. The molecule has 1 heterocycles. The van der Waals surface area contributed by atoms with Gasteiger partial charge in [-0.15, -0.1) is 0 Å². The molecule has 3 rings (SSSR count). The van der Waals surface area contributed by atoms with E-state index < -0.39 is 23.7 Å². The second kappa shape index (κ2) is 12.7. The predicted octanol–water partition coefficient (Wildman–Crippen LogP) is 3.64. The van der Waals surface area contributed by atoms with Gasteiger partial charge in [-0.2, -0.15) is 0 Å². The quantitative estimate of drug-likeness (QED) is 0.455. The topological polar surface area (TPSA) is 105 Å². The van der Waals surface area contributed by atoms with Crippen LogP contribution < -0.4 is 11.1 Å². The van der Waals surface area contributed by atoms with Crippen LogP contribution in [-0.2, 0) is 22.6 Å². The van der Waals surface area contributed by atoms with E-state index in [-0.39, 0.29) is 18.6 Å². The first-order chi connectivity index (χ1) is 16.7. The fourth-order valence-corrected chi connectivity index (χ4v) is 4.66. The summed E-state index contributed by atoms with van der Waals surface area (Å²) in [6, 6.07) is 18.9. The van der Waals surface area contributed by atoms with Crippen molar-refractivity contribution >= 4 is 12.0 Å². The van der Waals surface area contributed by atoms with E-state index in [9.17, 15) is 14.7 Å². The molecule has 1 aliphatic heterocycles. The average molecular weight is 482 g/mol. The Kier molecular flexibility index (Phi) is 9.69. The summed E-state index contributed by atoms with van der Waals surface area (Å²) in [5.41, 5.74) is 6.93. The first kappa shape index (κ1) is 26.7. The van der Waals surface area contributed by atoms with Crippen LogP contribution in [-0.4, -0.2) is 53.3 Å². The van der Waals surface area contributed by atoms with Crippen molar-refractivity contribution in [2.24, 2.45) is 11.1 Å². The Labute approximate surface area is 208 Å². The summed E-state index contributed by atoms with van der Waals surface area (Å²) in [4.78, 5) is 26.8. The van der Waals surface area contributed by atoms with Gasteiger partial charge >= 0.3 is 6.09 Å². The van der Waals surface area contributed by atoms with Crippen molar-refractivity contribution in [1.82, 2.24) is 10.2 Å². The molecular weight excluding hydrogens is 442 g/mol. The van der Waals surface area contributed by atoms with Crippen molar-refractivity contribution in [3.05, 3.63) is 71.8 Å². The number of carbonyl (C=O) groups excluding carboxylic acids is 2. The molecule has 7 nitrogen and oxygen atoms in total. The number of piperidine rings is 1. The molecule has 0 aromatic heterocycles. The van der Waals surface area contributed by atoms with E-state index in [0.717, 1.165) is 36.9 Å². The van der Waals surface area contributed by atoms with Crippen LogP contribution in [0.5, 0.6) is 0 Å². The van der Waals surface area contributed by atoms with Crippen LogP contribution >= 0.6 is 0 Å². The van der Waals surface area contributed by atoms with E-state index in [4.69, 9.17) is 10.5 Å². The van der Waals surface area contributed by atoms with Gasteiger partial charge in [-0.1, -0.05) is 80.9 Å². The van der Waals surface area contributed by atoms with E-state index in [1.54, 1.807) is 0 Å². The maximum Gasteiger partial charge on any atom is 0.407 e. The van der Waals surface area contributed by atoms with Crippen LogP contribution in [0.3, 0.4) is 0 Å². The Morgan fingerprint density at radius 2 is 1.71 bits per heavy atom. The molecular formula is C28H39N3O4. The van der Waals surface area contributed by atoms with Gasteiger partial charge in [0.25, 0.3) is 0 Å². The number of ether oxygens (including phenoxy) is 1. The number of hydrogen-bond donors (Lipinski definition) is 3. The van der Waals surface area contributed by atoms with Crippen molar-refractivity contribution in [1.29, 1.82) is 0 Å². The number of alkyl carbamates (subject to hydrolysis) is 1. The monoisotopic (exact) mass is 481 g/mol. The zero-order valence-electron chi connectivity index (χ0n) is 20.9. The molecule has 1 saturated heterocycles. The predicted molar refractivity (Wildman–Crippen MR) is 137 cm³/mol. The molecule has 0 radical (unpaired) electrons. The average Bonchev–Trinajstić information content (AvgIpc) is 2.84. The van der Waals surface area contributed by atoms with Crippen molar-refractivity contribution in [2.75, 3.05) is 13.1 Å². The molecule has 0 bridgehead atoms. The van der Waals surface area contributed by atoms with Gasteiger partial charge in [0.2, 0.25) is 5.91 Å². The van der Waals surface area contributed by atoms with E-state index in [1.807, 2.05) is 74.5 Å². The normalized spacial score (nSPS) is 18.4. The number of nitrogens with one attached hydrogen (secondary N) is 1. The minimum absolute atomic E-state index is 0.156. The molecule has 7 heteroatoms. The Hall–Kier alpha value is -2.90. The third-order valence-corrected chi connectivity index (χ3v) is 6.86. The summed E-state index contributed by atoms with van der Waals surface area (Å²) < 4.78 is 5.42. The van der Waals surface area contributed by atoms with Crippen molar-refractivity contribution in [3.8, 4) is 0 Å². The standard InChI is InChI=1S/C28H39N3O4/c1-28(2,26(29)33)18-23-15-9-10-16-31(23)19-25(32)24(17-21-11-5-3-6-12-21)30-27(34)35-20-22-13-7-4-8-14-22/h3-8,11-14,23-25,32H,9-10,15-20H2,1-2H3,(H2,29,33)(H,30,34)/t23-,24+,25-/m0/s1. The molecule has 2 amide bonds. The minimum Gasteiger partial charge on any atom is -0.445 e. The molecule has 3 atom stereocenters. The molecule has 0 saturated carbocycles. The number of benzene rings is 2. The molecule has 1 aliphatic rings. The van der Waals surface area contributed by atoms with Crippen molar-refractivity contribution in [2.45, 2.75) is 70.7 Å². The van der Waals surface area contributed by atoms with Crippen LogP contribution in [0.2, 0.25) is 0 Å². The number of aliphatic hydroxyl groups is 1. The Balaban J connectivity index is 1.67. The van der Waals surface area contributed by atoms with Crippen LogP contribution in [0, 0.1) is 5.41 Å². The van der Waals surface area contributed by atoms with Gasteiger partial charge in [0, 0.05) is 18.0 Å². The summed E-state index contributed by atoms with van der Waals surface area (Å²) in [5, 5.41) is 14.2.